The van der Waals surface area contributed by atoms with Crippen LogP contribution < -0.4 is 0 Å². The molecule has 3 aromatic heterocycles. The summed E-state index contributed by atoms with van der Waals surface area (Å²) in [5.41, 5.74) is 1.64. The van der Waals surface area contributed by atoms with Crippen molar-refractivity contribution in [3.8, 4) is 11.6 Å². The van der Waals surface area contributed by atoms with Gasteiger partial charge in [-0.25, -0.2) is 4.98 Å². The van der Waals surface area contributed by atoms with Crippen LogP contribution in [0.4, 0.5) is 0 Å². The Balaban J connectivity index is 1.64. The lowest BCUT2D eigenvalue weighted by Crippen LogP contribution is -2.21. The van der Waals surface area contributed by atoms with Gasteiger partial charge < -0.3 is 13.6 Å². The molecule has 0 unspecified atom stereocenters. The maximum Gasteiger partial charge on any atom is 0.269 e. The normalized spacial score (nSPS) is 21.2. The molecule has 0 bridgehead atoms. The number of rotatable bonds is 4. The number of hydrogen-bond acceptors (Lipinski definition) is 7. The van der Waals surface area contributed by atoms with E-state index in [1.807, 2.05) is 26.4 Å². The average Bonchev–Trinajstić information content (AvgIpc) is 3.34. The van der Waals surface area contributed by atoms with E-state index in [9.17, 15) is 0 Å². The number of oxazole rings is 1. The zero-order valence-electron chi connectivity index (χ0n) is 13.7. The van der Waals surface area contributed by atoms with Crippen molar-refractivity contribution in [2.75, 3.05) is 6.61 Å². The molecule has 0 radical (unpaired) electrons. The molecule has 1 aliphatic heterocycles. The first kappa shape index (κ1) is 15.1. The fourth-order valence-electron chi connectivity index (χ4n) is 3.13. The van der Waals surface area contributed by atoms with Gasteiger partial charge in [0.15, 0.2) is 12.1 Å². The number of hydrogen-bond donors (Lipinski definition) is 0. The summed E-state index contributed by atoms with van der Waals surface area (Å²) in [6, 6.07) is 0. The van der Waals surface area contributed by atoms with Gasteiger partial charge in [-0.1, -0.05) is 6.92 Å². The van der Waals surface area contributed by atoms with Crippen molar-refractivity contribution in [3.05, 3.63) is 36.0 Å². The van der Waals surface area contributed by atoms with Gasteiger partial charge in [-0.15, -0.1) is 10.2 Å². The fourth-order valence-corrected chi connectivity index (χ4v) is 3.13. The van der Waals surface area contributed by atoms with Crippen molar-refractivity contribution in [1.82, 2.24) is 25.0 Å². The van der Waals surface area contributed by atoms with Crippen LogP contribution in [0.1, 0.15) is 49.0 Å². The van der Waals surface area contributed by atoms with Crippen LogP contribution in [0.3, 0.4) is 0 Å². The van der Waals surface area contributed by atoms with Crippen LogP contribution >= 0.6 is 0 Å². The highest BCUT2D eigenvalue weighted by Crippen LogP contribution is 2.40. The Kier molecular flexibility index (Phi) is 3.89. The number of ether oxygens (including phenoxy) is 1. The highest BCUT2D eigenvalue weighted by atomic mass is 16.5. The molecule has 24 heavy (non-hydrogen) atoms. The van der Waals surface area contributed by atoms with Gasteiger partial charge in [-0.3, -0.25) is 4.68 Å². The van der Waals surface area contributed by atoms with Gasteiger partial charge in [-0.05, 0) is 12.8 Å². The first-order valence-corrected chi connectivity index (χ1v) is 8.12. The molecule has 126 valence electrons. The minimum absolute atomic E-state index is 0.0150. The first-order chi connectivity index (χ1) is 11.8. The minimum atomic E-state index is -0.122. The zero-order valence-corrected chi connectivity index (χ0v) is 13.7. The lowest BCUT2D eigenvalue weighted by Gasteiger charge is -2.28. The maximum atomic E-state index is 5.97. The highest BCUT2D eigenvalue weighted by molar-refractivity contribution is 5.48. The van der Waals surface area contributed by atoms with Crippen molar-refractivity contribution in [2.45, 2.75) is 38.2 Å². The summed E-state index contributed by atoms with van der Waals surface area (Å²) in [7, 11) is 1.89. The Morgan fingerprint density at radius 2 is 2.25 bits per heavy atom. The van der Waals surface area contributed by atoms with Crippen LogP contribution in [0.2, 0.25) is 0 Å². The zero-order chi connectivity index (χ0) is 16.5. The predicted molar refractivity (Wildman–Crippen MR) is 83.0 cm³/mol. The average molecular weight is 329 g/mol. The van der Waals surface area contributed by atoms with Gasteiger partial charge in [0, 0.05) is 31.8 Å². The van der Waals surface area contributed by atoms with Crippen LogP contribution in [0.15, 0.2) is 27.6 Å². The Morgan fingerprint density at radius 3 is 3.04 bits per heavy atom. The van der Waals surface area contributed by atoms with Crippen molar-refractivity contribution in [2.24, 2.45) is 7.05 Å². The van der Waals surface area contributed by atoms with E-state index in [4.69, 9.17) is 13.6 Å². The van der Waals surface area contributed by atoms with E-state index < -0.39 is 0 Å². The standard InChI is InChI=1S/C16H19N5O3/c1-3-12-13(17-9-23-12)16-20-19-15(24-16)11-5-4-6-22-14(11)10-7-18-21(2)8-10/h7-9,11,14H,3-6H2,1-2H3/t11-,14+/m1/s1. The van der Waals surface area contributed by atoms with E-state index >= 15 is 0 Å². The summed E-state index contributed by atoms with van der Waals surface area (Å²) in [6.07, 6.45) is 7.69. The van der Waals surface area contributed by atoms with E-state index in [1.165, 1.54) is 6.39 Å². The molecular formula is C16H19N5O3. The van der Waals surface area contributed by atoms with Gasteiger partial charge in [-0.2, -0.15) is 5.10 Å². The third kappa shape index (κ3) is 2.62. The Morgan fingerprint density at radius 1 is 1.33 bits per heavy atom. The minimum Gasteiger partial charge on any atom is -0.448 e. The smallest absolute Gasteiger partial charge is 0.269 e. The second kappa shape index (κ2) is 6.20. The van der Waals surface area contributed by atoms with Crippen LogP contribution in [0.5, 0.6) is 0 Å². The van der Waals surface area contributed by atoms with Crippen molar-refractivity contribution in [1.29, 1.82) is 0 Å². The SMILES string of the molecule is CCc1ocnc1-c1nnc([C@@H]2CCCO[C@H]2c2cnn(C)c2)o1. The van der Waals surface area contributed by atoms with Gasteiger partial charge in [0.25, 0.3) is 5.89 Å². The molecule has 4 rings (SSSR count). The van der Waals surface area contributed by atoms with E-state index in [0.29, 0.717) is 17.5 Å². The van der Waals surface area contributed by atoms with Crippen molar-refractivity contribution in [3.63, 3.8) is 0 Å². The molecule has 8 heteroatoms. The Labute approximate surface area is 138 Å². The van der Waals surface area contributed by atoms with E-state index in [1.54, 1.807) is 4.68 Å². The monoisotopic (exact) mass is 329 g/mol. The quantitative estimate of drug-likeness (QED) is 0.726. The second-order valence-corrected chi connectivity index (χ2v) is 5.91. The van der Waals surface area contributed by atoms with E-state index in [2.05, 4.69) is 20.3 Å². The number of aromatic nitrogens is 5. The molecule has 1 saturated heterocycles. The van der Waals surface area contributed by atoms with Crippen LogP contribution in [-0.2, 0) is 18.2 Å². The number of aryl methyl sites for hydroxylation is 2. The van der Waals surface area contributed by atoms with Gasteiger partial charge in [0.1, 0.15) is 5.76 Å². The first-order valence-electron chi connectivity index (χ1n) is 8.12. The highest BCUT2D eigenvalue weighted by Gasteiger charge is 2.34. The molecule has 1 aliphatic rings. The summed E-state index contributed by atoms with van der Waals surface area (Å²) in [5, 5.41) is 12.6. The molecular weight excluding hydrogens is 310 g/mol. The van der Waals surface area contributed by atoms with Gasteiger partial charge in [0.05, 0.1) is 18.2 Å². The third-order valence-corrected chi connectivity index (χ3v) is 4.30. The number of nitrogens with zero attached hydrogens (tertiary/aromatic N) is 5. The predicted octanol–water partition coefficient (Wildman–Crippen LogP) is 2.66. The Hall–Kier alpha value is -2.48. The summed E-state index contributed by atoms with van der Waals surface area (Å²) in [4.78, 5) is 4.19. The third-order valence-electron chi connectivity index (χ3n) is 4.30. The van der Waals surface area contributed by atoms with Crippen LogP contribution in [0.25, 0.3) is 11.6 Å². The molecule has 3 aromatic rings. The summed E-state index contributed by atoms with van der Waals surface area (Å²) in [6.45, 7) is 2.72. The summed E-state index contributed by atoms with van der Waals surface area (Å²) >= 11 is 0. The van der Waals surface area contributed by atoms with E-state index in [0.717, 1.165) is 37.2 Å². The maximum absolute atomic E-state index is 5.97. The molecule has 1 fully saturated rings. The Bertz CT molecular complexity index is 821. The van der Waals surface area contributed by atoms with Crippen molar-refractivity contribution >= 4 is 0 Å². The fraction of sp³-hybridized carbons (Fsp3) is 0.500. The summed E-state index contributed by atoms with van der Waals surface area (Å²) < 4.78 is 19.0. The molecule has 8 nitrogen and oxygen atoms in total. The molecule has 0 aliphatic carbocycles. The molecule has 0 N–H and O–H groups in total. The lowest BCUT2D eigenvalue weighted by atomic mass is 9.91. The molecule has 0 saturated carbocycles. The summed E-state index contributed by atoms with van der Waals surface area (Å²) in [5.74, 6) is 1.73. The molecule has 2 atom stereocenters. The van der Waals surface area contributed by atoms with Gasteiger partial charge in [0.2, 0.25) is 5.89 Å². The molecule has 0 amide bonds. The van der Waals surface area contributed by atoms with Crippen LogP contribution in [-0.4, -0.2) is 31.6 Å². The van der Waals surface area contributed by atoms with Gasteiger partial charge >= 0.3 is 0 Å². The van der Waals surface area contributed by atoms with E-state index in [-0.39, 0.29) is 12.0 Å². The molecule has 4 heterocycles. The van der Waals surface area contributed by atoms with Crippen molar-refractivity contribution < 1.29 is 13.6 Å². The molecule has 0 aromatic carbocycles. The lowest BCUT2D eigenvalue weighted by molar-refractivity contribution is -0.00890. The second-order valence-electron chi connectivity index (χ2n) is 5.91. The van der Waals surface area contributed by atoms with Crippen LogP contribution in [0, 0.1) is 0 Å². The topological polar surface area (TPSA) is 92.0 Å². The molecule has 0 spiro atoms. The largest absolute Gasteiger partial charge is 0.448 e.